The zero-order valence-corrected chi connectivity index (χ0v) is 19.1. The van der Waals surface area contributed by atoms with Gasteiger partial charge in [0.2, 0.25) is 0 Å². The zero-order chi connectivity index (χ0) is 25.2. The largest absolute Gasteiger partial charge is 0.497 e. The van der Waals surface area contributed by atoms with E-state index in [1.165, 1.54) is 7.11 Å². The number of hydrogen-bond acceptors (Lipinski definition) is 8. The van der Waals surface area contributed by atoms with Gasteiger partial charge in [-0.1, -0.05) is 18.2 Å². The molecule has 10 heteroatoms. The molecule has 0 bridgehead atoms. The van der Waals surface area contributed by atoms with E-state index < -0.39 is 43.2 Å². The summed E-state index contributed by atoms with van der Waals surface area (Å²) < 4.78 is 12.4. The summed E-state index contributed by atoms with van der Waals surface area (Å²) in [4.78, 5) is 13.4. The van der Waals surface area contributed by atoms with Gasteiger partial charge in [-0.15, -0.1) is 0 Å². The van der Waals surface area contributed by atoms with Crippen molar-refractivity contribution < 1.29 is 34.7 Å². The minimum Gasteiger partial charge on any atom is -0.497 e. The van der Waals surface area contributed by atoms with Crippen LogP contribution in [0, 0.1) is 11.3 Å². The van der Waals surface area contributed by atoms with Gasteiger partial charge in [0.1, 0.15) is 11.3 Å². The van der Waals surface area contributed by atoms with Gasteiger partial charge in [0.15, 0.2) is 6.29 Å². The van der Waals surface area contributed by atoms with Gasteiger partial charge < -0.3 is 39.8 Å². The van der Waals surface area contributed by atoms with Gasteiger partial charge in [0.05, 0.1) is 55.2 Å². The monoisotopic (exact) mass is 481 g/mol. The Bertz CT molecular complexity index is 1250. The summed E-state index contributed by atoms with van der Waals surface area (Å²) in [5.74, 6) is -0.0727. The number of aliphatic hydroxyl groups is 4. The molecule has 1 aliphatic heterocycles. The van der Waals surface area contributed by atoms with Gasteiger partial charge in [0.25, 0.3) is 5.91 Å². The average molecular weight is 482 g/mol. The number of hydrogen-bond donors (Lipinski definition) is 5. The van der Waals surface area contributed by atoms with Crippen LogP contribution in [0.1, 0.15) is 27.9 Å². The second-order valence-electron chi connectivity index (χ2n) is 8.52. The number of methoxy groups -OCH3 is 1. The lowest BCUT2D eigenvalue weighted by atomic mass is 9.85. The summed E-state index contributed by atoms with van der Waals surface area (Å²) in [6, 6.07) is 14.5. The maximum absolute atomic E-state index is 13.4. The van der Waals surface area contributed by atoms with Crippen LogP contribution < -0.4 is 10.1 Å². The van der Waals surface area contributed by atoms with Crippen molar-refractivity contribution in [1.29, 1.82) is 5.26 Å². The van der Waals surface area contributed by atoms with Crippen LogP contribution in [0.4, 0.5) is 0 Å². The number of aromatic nitrogens is 1. The second kappa shape index (κ2) is 10.0. The van der Waals surface area contributed by atoms with Crippen molar-refractivity contribution in [1.82, 2.24) is 9.88 Å². The summed E-state index contributed by atoms with van der Waals surface area (Å²) in [5.41, 5.74) is 0.286. The molecule has 1 aliphatic rings. The fraction of sp³-hybridized carbons (Fsp3) is 0.360. The summed E-state index contributed by atoms with van der Waals surface area (Å²) >= 11 is 0. The molecule has 0 spiro atoms. The molecule has 5 N–H and O–H groups in total. The van der Waals surface area contributed by atoms with E-state index in [4.69, 9.17) is 9.47 Å². The third kappa shape index (κ3) is 4.48. The minimum atomic E-state index is -1.88. The Hall–Kier alpha value is -3.46. The molecule has 2 heterocycles. The van der Waals surface area contributed by atoms with Crippen molar-refractivity contribution in [3.05, 3.63) is 65.4 Å². The summed E-state index contributed by atoms with van der Waals surface area (Å²) in [5, 5.41) is 53.1. The first-order valence-electron chi connectivity index (χ1n) is 11.1. The number of nitrogens with one attached hydrogen (secondary N) is 1. The molecule has 184 valence electrons. The van der Waals surface area contributed by atoms with Gasteiger partial charge in [-0.05, 0) is 23.8 Å². The van der Waals surface area contributed by atoms with E-state index in [-0.39, 0.29) is 12.0 Å². The zero-order valence-electron chi connectivity index (χ0n) is 19.1. The van der Waals surface area contributed by atoms with Crippen molar-refractivity contribution >= 4 is 16.8 Å². The van der Waals surface area contributed by atoms with Gasteiger partial charge in [-0.25, -0.2) is 0 Å². The Balaban J connectivity index is 1.73. The normalized spacial score (nSPS) is 24.2. The molecule has 1 amide bonds. The third-order valence-electron chi connectivity index (χ3n) is 6.47. The Kier molecular flexibility index (Phi) is 7.07. The molecular formula is C25H27N3O7. The number of fused-ring (bicyclic) bond motifs is 1. The van der Waals surface area contributed by atoms with Crippen LogP contribution in [-0.2, 0) is 11.3 Å². The number of benzene rings is 2. The van der Waals surface area contributed by atoms with E-state index in [0.29, 0.717) is 28.8 Å². The first kappa shape index (κ1) is 24.7. The van der Waals surface area contributed by atoms with Crippen LogP contribution in [0.5, 0.6) is 5.75 Å². The van der Waals surface area contributed by atoms with Crippen LogP contribution in [0.2, 0.25) is 0 Å². The Morgan fingerprint density at radius 3 is 2.71 bits per heavy atom. The highest BCUT2D eigenvalue weighted by atomic mass is 16.6. The number of nitrogens with zero attached hydrogens (tertiary/aromatic N) is 2. The van der Waals surface area contributed by atoms with E-state index >= 15 is 0 Å². The minimum absolute atomic E-state index is 0.0850. The molecule has 2 aromatic carbocycles. The van der Waals surface area contributed by atoms with E-state index in [1.807, 2.05) is 12.1 Å². The number of aliphatic hydroxyl groups excluding tert-OH is 4. The van der Waals surface area contributed by atoms with E-state index in [9.17, 15) is 30.5 Å². The molecule has 3 aromatic rings. The van der Waals surface area contributed by atoms with E-state index in [2.05, 4.69) is 11.4 Å². The predicted molar refractivity (Wildman–Crippen MR) is 125 cm³/mol. The van der Waals surface area contributed by atoms with E-state index in [0.717, 1.165) is 5.56 Å². The molecule has 0 aliphatic carbocycles. The van der Waals surface area contributed by atoms with Crippen molar-refractivity contribution in [2.75, 3.05) is 20.3 Å². The standard InChI is InChI=1S/C25H27N3O7/c1-34-17-6-7-19-20(12-28(21(19)8-17)11-16-5-3-2-4-15(16)10-26)23(32)27-25(14-30)22(31)9-18(13-29)35-24(25)33/h2-8,12,18,22,24,29-31,33H,9,11,13-14H2,1H3,(H,27,32)/t18-,22-,24?,25+/m0/s1. The molecule has 1 unspecified atom stereocenters. The highest BCUT2D eigenvalue weighted by molar-refractivity contribution is 6.07. The topological polar surface area (TPSA) is 157 Å². The summed E-state index contributed by atoms with van der Waals surface area (Å²) in [7, 11) is 1.53. The summed E-state index contributed by atoms with van der Waals surface area (Å²) in [6.45, 7) is -0.914. The van der Waals surface area contributed by atoms with E-state index in [1.54, 1.807) is 41.1 Å². The maximum atomic E-state index is 13.4. The Morgan fingerprint density at radius 1 is 1.29 bits per heavy atom. The van der Waals surface area contributed by atoms with Gasteiger partial charge in [-0.2, -0.15) is 5.26 Å². The smallest absolute Gasteiger partial charge is 0.254 e. The molecule has 10 nitrogen and oxygen atoms in total. The first-order valence-corrected chi connectivity index (χ1v) is 11.1. The maximum Gasteiger partial charge on any atom is 0.254 e. The summed E-state index contributed by atoms with van der Waals surface area (Å²) in [6.07, 6.45) is -2.41. The van der Waals surface area contributed by atoms with Crippen molar-refractivity contribution in [3.63, 3.8) is 0 Å². The lowest BCUT2D eigenvalue weighted by Crippen LogP contribution is -2.70. The fourth-order valence-corrected chi connectivity index (χ4v) is 4.41. The third-order valence-corrected chi connectivity index (χ3v) is 6.47. The quantitative estimate of drug-likeness (QED) is 0.326. The van der Waals surface area contributed by atoms with Crippen molar-refractivity contribution in [3.8, 4) is 11.8 Å². The highest BCUT2D eigenvalue weighted by Gasteiger charge is 2.51. The van der Waals surface area contributed by atoms with Crippen LogP contribution in [0.3, 0.4) is 0 Å². The average Bonchev–Trinajstić information content (AvgIpc) is 3.23. The predicted octanol–water partition coefficient (Wildman–Crippen LogP) is 0.491. The van der Waals surface area contributed by atoms with Gasteiger partial charge in [-0.3, -0.25) is 4.79 Å². The molecule has 1 aromatic heterocycles. The number of amides is 1. The second-order valence-corrected chi connectivity index (χ2v) is 8.52. The molecule has 1 fully saturated rings. The molecule has 0 saturated carbocycles. The molecule has 4 rings (SSSR count). The number of rotatable bonds is 7. The fourth-order valence-electron chi connectivity index (χ4n) is 4.41. The van der Waals surface area contributed by atoms with Crippen LogP contribution in [-0.4, -0.2) is 75.3 Å². The van der Waals surface area contributed by atoms with Crippen LogP contribution >= 0.6 is 0 Å². The van der Waals surface area contributed by atoms with Gasteiger partial charge in [0, 0.05) is 30.6 Å². The Morgan fingerprint density at radius 2 is 2.06 bits per heavy atom. The Labute approximate surface area is 201 Å². The highest BCUT2D eigenvalue weighted by Crippen LogP contribution is 2.31. The number of carbonyl (C=O) groups excluding carboxylic acids is 1. The first-order chi connectivity index (χ1) is 16.9. The van der Waals surface area contributed by atoms with Crippen LogP contribution in [0.25, 0.3) is 10.9 Å². The molecule has 1 saturated heterocycles. The molecular weight excluding hydrogens is 454 g/mol. The van der Waals surface area contributed by atoms with Crippen molar-refractivity contribution in [2.24, 2.45) is 0 Å². The number of ether oxygens (including phenoxy) is 2. The van der Waals surface area contributed by atoms with Crippen molar-refractivity contribution in [2.45, 2.75) is 37.0 Å². The molecule has 4 atom stereocenters. The molecule has 35 heavy (non-hydrogen) atoms. The number of nitriles is 1. The van der Waals surface area contributed by atoms with Gasteiger partial charge >= 0.3 is 0 Å². The molecule has 0 radical (unpaired) electrons. The SMILES string of the molecule is COc1ccc2c(C(=O)N[C@@]3(CO)C(O)O[C@H](CO)C[C@@H]3O)cn(Cc3ccccc3C#N)c2c1. The lowest BCUT2D eigenvalue weighted by Gasteiger charge is -2.46. The van der Waals surface area contributed by atoms with Crippen LogP contribution in [0.15, 0.2) is 48.7 Å². The lowest BCUT2D eigenvalue weighted by molar-refractivity contribution is -0.253. The number of carbonyl (C=O) groups is 1.